The Balaban J connectivity index is 1.44. The number of hydrogen-bond acceptors (Lipinski definition) is 6. The highest BCUT2D eigenvalue weighted by Crippen LogP contribution is 2.54. The number of piperidine rings is 1. The van der Waals surface area contributed by atoms with Gasteiger partial charge in [-0.05, 0) is 54.5 Å². The zero-order chi connectivity index (χ0) is 25.6. The molecule has 0 bridgehead atoms. The SMILES string of the molecule is CNC(=O)c1cc(C(=O)CC2[C@H]3CN(C(C)=O)C[C@@H]23)cc2c1O[C@H](C)[C@H]2c1cccc(OCCO)c1. The lowest BCUT2D eigenvalue weighted by molar-refractivity contribution is -0.128. The Hall–Kier alpha value is -3.39. The number of Topliss-reactive ketones (excluding diaryl/α,β-unsaturated/α-hetero) is 1. The molecule has 2 aliphatic heterocycles. The number of ketones is 1. The molecular weight excluding hydrogens is 460 g/mol. The molecular formula is C28H32N2O6. The van der Waals surface area contributed by atoms with E-state index in [2.05, 4.69) is 5.32 Å². The van der Waals surface area contributed by atoms with Gasteiger partial charge in [0.2, 0.25) is 5.91 Å². The Morgan fingerprint density at radius 1 is 1.17 bits per heavy atom. The predicted molar refractivity (Wildman–Crippen MR) is 132 cm³/mol. The number of nitrogens with zero attached hydrogens (tertiary/aromatic N) is 1. The second-order valence-electron chi connectivity index (χ2n) is 10.0. The molecule has 1 saturated heterocycles. The summed E-state index contributed by atoms with van der Waals surface area (Å²) < 4.78 is 11.8. The van der Waals surface area contributed by atoms with E-state index < -0.39 is 0 Å². The standard InChI is InChI=1S/C28H32N2O6/c1-15-26(17-5-4-6-19(9-17)35-8-7-31)21-10-18(11-22(27(21)36-15)28(34)29-3)25(33)12-20-23-13-30(16(2)32)14-24(20)23/h4-6,9-11,15,20,23-24,26,31H,7-8,12-14H2,1-3H3,(H,29,34)/t15-,20?,23-,24+,26+/m1/s1. The lowest BCUT2D eigenvalue weighted by Gasteiger charge is -2.18. The average molecular weight is 493 g/mol. The van der Waals surface area contributed by atoms with Crippen LogP contribution in [0.3, 0.4) is 0 Å². The number of nitrogens with one attached hydrogen (secondary N) is 1. The number of fused-ring (bicyclic) bond motifs is 2. The predicted octanol–water partition coefficient (Wildman–Crippen LogP) is 2.63. The molecule has 2 heterocycles. The first-order chi connectivity index (χ1) is 17.3. The van der Waals surface area contributed by atoms with Crippen LogP contribution in [-0.2, 0) is 4.79 Å². The third-order valence-corrected chi connectivity index (χ3v) is 7.83. The number of rotatable bonds is 8. The molecule has 5 rings (SSSR count). The van der Waals surface area contributed by atoms with E-state index in [0.29, 0.717) is 40.9 Å². The van der Waals surface area contributed by atoms with E-state index in [1.54, 1.807) is 20.0 Å². The van der Waals surface area contributed by atoms with E-state index in [1.807, 2.05) is 42.2 Å². The fourth-order valence-corrected chi connectivity index (χ4v) is 5.94. The van der Waals surface area contributed by atoms with Gasteiger partial charge in [0.25, 0.3) is 5.91 Å². The van der Waals surface area contributed by atoms with Crippen molar-refractivity contribution in [3.05, 3.63) is 58.7 Å². The molecule has 1 unspecified atom stereocenters. The fraction of sp³-hybridized carbons (Fsp3) is 0.464. The number of hydrogen-bond donors (Lipinski definition) is 2. The normalized spacial score (nSPS) is 25.6. The summed E-state index contributed by atoms with van der Waals surface area (Å²) in [6, 6.07) is 11.1. The summed E-state index contributed by atoms with van der Waals surface area (Å²) in [7, 11) is 1.56. The number of carbonyl (C=O) groups is 3. The van der Waals surface area contributed by atoms with Gasteiger partial charge in [-0.1, -0.05) is 12.1 Å². The van der Waals surface area contributed by atoms with Crippen molar-refractivity contribution < 1.29 is 29.0 Å². The lowest BCUT2D eigenvalue weighted by atomic mass is 9.86. The number of amides is 2. The summed E-state index contributed by atoms with van der Waals surface area (Å²) in [5.74, 6) is 1.84. The van der Waals surface area contributed by atoms with E-state index in [-0.39, 0.29) is 48.8 Å². The molecule has 0 radical (unpaired) electrons. The number of aliphatic hydroxyl groups excluding tert-OH is 1. The van der Waals surface area contributed by atoms with Crippen LogP contribution in [0.25, 0.3) is 0 Å². The number of likely N-dealkylation sites (tertiary alicyclic amines) is 1. The highest BCUT2D eigenvalue weighted by Gasteiger charge is 2.56. The minimum Gasteiger partial charge on any atom is -0.491 e. The smallest absolute Gasteiger partial charge is 0.254 e. The number of benzene rings is 2. The van der Waals surface area contributed by atoms with Crippen molar-refractivity contribution in [2.75, 3.05) is 33.4 Å². The van der Waals surface area contributed by atoms with Crippen LogP contribution in [0.1, 0.15) is 58.0 Å². The molecule has 2 fully saturated rings. The third-order valence-electron chi connectivity index (χ3n) is 7.83. The second-order valence-corrected chi connectivity index (χ2v) is 10.0. The van der Waals surface area contributed by atoms with Crippen LogP contribution in [0.5, 0.6) is 11.5 Å². The van der Waals surface area contributed by atoms with E-state index in [4.69, 9.17) is 14.6 Å². The zero-order valence-corrected chi connectivity index (χ0v) is 20.8. The molecule has 2 N–H and O–H groups in total. The number of ether oxygens (including phenoxy) is 2. The van der Waals surface area contributed by atoms with E-state index in [9.17, 15) is 14.4 Å². The van der Waals surface area contributed by atoms with Crippen molar-refractivity contribution in [3.63, 3.8) is 0 Å². The highest BCUT2D eigenvalue weighted by molar-refractivity contribution is 6.03. The molecule has 2 amide bonds. The van der Waals surface area contributed by atoms with Gasteiger partial charge in [0, 0.05) is 50.5 Å². The third kappa shape index (κ3) is 4.34. The monoisotopic (exact) mass is 492 g/mol. The Bertz CT molecular complexity index is 1200. The molecule has 8 heteroatoms. The van der Waals surface area contributed by atoms with Crippen LogP contribution in [0.4, 0.5) is 0 Å². The second kappa shape index (κ2) is 9.58. The summed E-state index contributed by atoms with van der Waals surface area (Å²) in [5, 5.41) is 11.8. The summed E-state index contributed by atoms with van der Waals surface area (Å²) >= 11 is 0. The van der Waals surface area contributed by atoms with Crippen molar-refractivity contribution in [1.29, 1.82) is 0 Å². The molecule has 36 heavy (non-hydrogen) atoms. The topological polar surface area (TPSA) is 105 Å². The van der Waals surface area contributed by atoms with Gasteiger partial charge in [0.15, 0.2) is 5.78 Å². The molecule has 8 nitrogen and oxygen atoms in total. The van der Waals surface area contributed by atoms with Crippen LogP contribution in [0.15, 0.2) is 36.4 Å². The van der Waals surface area contributed by atoms with Crippen LogP contribution < -0.4 is 14.8 Å². The zero-order valence-electron chi connectivity index (χ0n) is 20.8. The number of carbonyl (C=O) groups excluding carboxylic acids is 3. The van der Waals surface area contributed by atoms with Gasteiger partial charge < -0.3 is 24.8 Å². The Kier molecular flexibility index (Phi) is 6.47. The maximum Gasteiger partial charge on any atom is 0.254 e. The maximum atomic E-state index is 13.4. The highest BCUT2D eigenvalue weighted by atomic mass is 16.5. The van der Waals surface area contributed by atoms with E-state index in [1.165, 1.54) is 0 Å². The molecule has 5 atom stereocenters. The van der Waals surface area contributed by atoms with Gasteiger partial charge in [-0.2, -0.15) is 0 Å². The van der Waals surface area contributed by atoms with Crippen molar-refractivity contribution in [3.8, 4) is 11.5 Å². The average Bonchev–Trinajstić information content (AvgIpc) is 3.19. The summed E-state index contributed by atoms with van der Waals surface area (Å²) in [6.45, 7) is 5.12. The lowest BCUT2D eigenvalue weighted by Crippen LogP contribution is -2.29. The number of aliphatic hydroxyl groups is 1. The molecule has 190 valence electrons. The first-order valence-corrected chi connectivity index (χ1v) is 12.5. The van der Waals surface area contributed by atoms with Crippen molar-refractivity contribution in [2.24, 2.45) is 17.8 Å². The Labute approximate surface area is 210 Å². The molecule has 2 aromatic rings. The van der Waals surface area contributed by atoms with Crippen molar-refractivity contribution in [2.45, 2.75) is 32.3 Å². The summed E-state index contributed by atoms with van der Waals surface area (Å²) in [5.41, 5.74) is 2.63. The van der Waals surface area contributed by atoms with Crippen LogP contribution >= 0.6 is 0 Å². The first-order valence-electron chi connectivity index (χ1n) is 12.5. The van der Waals surface area contributed by atoms with Gasteiger partial charge in [-0.3, -0.25) is 14.4 Å². The summed E-state index contributed by atoms with van der Waals surface area (Å²) in [6.07, 6.45) is 0.167. The van der Waals surface area contributed by atoms with Crippen LogP contribution in [0.2, 0.25) is 0 Å². The van der Waals surface area contributed by atoms with Gasteiger partial charge in [0.1, 0.15) is 24.2 Å². The Morgan fingerprint density at radius 2 is 1.92 bits per heavy atom. The molecule has 1 aliphatic carbocycles. The first kappa shape index (κ1) is 24.3. The maximum absolute atomic E-state index is 13.4. The minimum absolute atomic E-state index is 0.00932. The molecule has 3 aliphatic rings. The fourth-order valence-electron chi connectivity index (χ4n) is 5.94. The van der Waals surface area contributed by atoms with Crippen molar-refractivity contribution in [1.82, 2.24) is 10.2 Å². The van der Waals surface area contributed by atoms with Crippen LogP contribution in [-0.4, -0.2) is 67.1 Å². The quantitative estimate of drug-likeness (QED) is 0.549. The molecule has 0 aromatic heterocycles. The minimum atomic E-state index is -0.297. The van der Waals surface area contributed by atoms with E-state index in [0.717, 1.165) is 24.2 Å². The van der Waals surface area contributed by atoms with Gasteiger partial charge in [0.05, 0.1) is 12.2 Å². The largest absolute Gasteiger partial charge is 0.491 e. The molecule has 2 aromatic carbocycles. The van der Waals surface area contributed by atoms with Gasteiger partial charge in [-0.25, -0.2) is 0 Å². The van der Waals surface area contributed by atoms with Crippen LogP contribution in [0, 0.1) is 17.8 Å². The molecule has 0 spiro atoms. The summed E-state index contributed by atoms with van der Waals surface area (Å²) in [4.78, 5) is 39.7. The Morgan fingerprint density at radius 3 is 2.58 bits per heavy atom. The van der Waals surface area contributed by atoms with Crippen molar-refractivity contribution >= 4 is 17.6 Å². The van der Waals surface area contributed by atoms with Gasteiger partial charge >= 0.3 is 0 Å². The van der Waals surface area contributed by atoms with Gasteiger partial charge in [-0.15, -0.1) is 0 Å². The molecule has 1 saturated carbocycles. The van der Waals surface area contributed by atoms with E-state index >= 15 is 0 Å².